The van der Waals surface area contributed by atoms with Crippen molar-refractivity contribution in [3.63, 3.8) is 0 Å². The quantitative estimate of drug-likeness (QED) is 0.684. The van der Waals surface area contributed by atoms with Crippen LogP contribution in [-0.4, -0.2) is 47.1 Å². The van der Waals surface area contributed by atoms with E-state index in [0.29, 0.717) is 18.4 Å². The maximum absolute atomic E-state index is 13.4. The number of imidazole rings is 1. The summed E-state index contributed by atoms with van der Waals surface area (Å²) in [7, 11) is 0. The minimum atomic E-state index is -0.620. The van der Waals surface area contributed by atoms with Crippen LogP contribution in [0.5, 0.6) is 0 Å². The number of imide groups is 1. The third kappa shape index (κ3) is 2.52. The Bertz CT molecular complexity index is 1120. The van der Waals surface area contributed by atoms with Crippen molar-refractivity contribution in [1.82, 2.24) is 19.8 Å². The number of carbonyl (C=O) groups is 2. The van der Waals surface area contributed by atoms with Crippen molar-refractivity contribution in [2.75, 3.05) is 31.1 Å². The molecule has 8 nitrogen and oxygen atoms in total. The molecule has 8 heteroatoms. The lowest BCUT2D eigenvalue weighted by Gasteiger charge is -2.41. The summed E-state index contributed by atoms with van der Waals surface area (Å²) in [6, 6.07) is 3.55. The van der Waals surface area contributed by atoms with E-state index in [4.69, 9.17) is 0 Å². The van der Waals surface area contributed by atoms with Gasteiger partial charge in [0.25, 0.3) is 0 Å². The Kier molecular flexibility index (Phi) is 3.90. The molecule has 1 spiro atoms. The third-order valence-electron chi connectivity index (χ3n) is 7.73. The van der Waals surface area contributed by atoms with Crippen LogP contribution < -0.4 is 21.2 Å². The Balaban J connectivity index is 1.50. The van der Waals surface area contributed by atoms with Crippen LogP contribution >= 0.6 is 0 Å². The summed E-state index contributed by atoms with van der Waals surface area (Å²) in [6.45, 7) is 4.67. The number of carbonyl (C=O) groups excluding carboxylic acids is 2. The second-order valence-corrected chi connectivity index (χ2v) is 9.38. The zero-order valence-corrected chi connectivity index (χ0v) is 17.1. The maximum Gasteiger partial charge on any atom is 0.329 e. The summed E-state index contributed by atoms with van der Waals surface area (Å²) >= 11 is 0. The van der Waals surface area contributed by atoms with Crippen molar-refractivity contribution in [2.45, 2.75) is 51.1 Å². The van der Waals surface area contributed by atoms with Gasteiger partial charge in [-0.15, -0.1) is 0 Å². The van der Waals surface area contributed by atoms with E-state index < -0.39 is 6.04 Å². The zero-order chi connectivity index (χ0) is 20.5. The molecule has 2 amide bonds. The van der Waals surface area contributed by atoms with Crippen LogP contribution in [0.3, 0.4) is 0 Å². The van der Waals surface area contributed by atoms with E-state index >= 15 is 0 Å². The molecule has 4 aliphatic rings. The topological polar surface area (TPSA) is 88.4 Å². The standard InChI is InChI=1S/C22H27N5O3/c28-17-4-3-16(20(29)24-17)27-15-2-1-14-5-6-22(7-9-23-10-8-22)13-25-11-12-26(21(27)30)19(15)18(14)25/h1-2,16,23H,3-13H2,(H,24,28,29). The zero-order valence-electron chi connectivity index (χ0n) is 17.1. The van der Waals surface area contributed by atoms with Crippen LogP contribution in [0.4, 0.5) is 5.69 Å². The first-order valence-electron chi connectivity index (χ1n) is 11.1. The Labute approximate surface area is 174 Å². The highest BCUT2D eigenvalue weighted by atomic mass is 16.2. The number of hydrogen-bond acceptors (Lipinski definition) is 5. The fourth-order valence-corrected chi connectivity index (χ4v) is 6.13. The van der Waals surface area contributed by atoms with Crippen LogP contribution in [0.15, 0.2) is 16.9 Å². The number of benzene rings is 1. The van der Waals surface area contributed by atoms with E-state index in [-0.39, 0.29) is 23.9 Å². The van der Waals surface area contributed by atoms with E-state index in [1.54, 1.807) is 4.57 Å². The molecule has 0 saturated carbocycles. The second kappa shape index (κ2) is 6.44. The first kappa shape index (κ1) is 18.2. The van der Waals surface area contributed by atoms with E-state index in [9.17, 15) is 14.4 Å². The summed E-state index contributed by atoms with van der Waals surface area (Å²) in [5.41, 5.74) is 4.50. The molecule has 1 aromatic heterocycles. The number of piperidine rings is 2. The predicted molar refractivity (Wildman–Crippen MR) is 113 cm³/mol. The first-order chi connectivity index (χ1) is 14.6. The van der Waals surface area contributed by atoms with Crippen molar-refractivity contribution in [3.8, 4) is 0 Å². The summed E-state index contributed by atoms with van der Waals surface area (Å²) in [4.78, 5) is 40.0. The van der Waals surface area contributed by atoms with Crippen molar-refractivity contribution in [3.05, 3.63) is 28.2 Å². The molecule has 0 aliphatic carbocycles. The molecule has 0 radical (unpaired) electrons. The number of nitrogens with zero attached hydrogens (tertiary/aromatic N) is 3. The van der Waals surface area contributed by atoms with Gasteiger partial charge in [0.1, 0.15) is 6.04 Å². The summed E-state index contributed by atoms with van der Waals surface area (Å²) in [6.07, 6.45) is 5.25. The minimum absolute atomic E-state index is 0.131. The largest absolute Gasteiger partial charge is 0.367 e. The smallest absolute Gasteiger partial charge is 0.329 e. The number of nitrogens with one attached hydrogen (secondary N) is 2. The molecule has 2 N–H and O–H groups in total. The van der Waals surface area contributed by atoms with E-state index in [1.807, 2.05) is 10.6 Å². The lowest BCUT2D eigenvalue weighted by molar-refractivity contribution is -0.135. The van der Waals surface area contributed by atoms with Gasteiger partial charge in [-0.3, -0.25) is 24.0 Å². The highest BCUT2D eigenvalue weighted by Crippen LogP contribution is 2.44. The number of rotatable bonds is 1. The van der Waals surface area contributed by atoms with Gasteiger partial charge in [0, 0.05) is 26.1 Å². The summed E-state index contributed by atoms with van der Waals surface area (Å²) < 4.78 is 3.49. The molecule has 6 rings (SSSR count). The van der Waals surface area contributed by atoms with Gasteiger partial charge in [-0.1, -0.05) is 6.07 Å². The molecule has 30 heavy (non-hydrogen) atoms. The predicted octanol–water partition coefficient (Wildman–Crippen LogP) is 0.917. The third-order valence-corrected chi connectivity index (χ3v) is 7.73. The Hall–Kier alpha value is -2.61. The van der Waals surface area contributed by atoms with Crippen LogP contribution in [0.2, 0.25) is 0 Å². The van der Waals surface area contributed by atoms with E-state index in [0.717, 1.165) is 43.6 Å². The van der Waals surface area contributed by atoms with Crippen molar-refractivity contribution >= 4 is 28.5 Å². The average molecular weight is 409 g/mol. The van der Waals surface area contributed by atoms with E-state index in [2.05, 4.69) is 21.6 Å². The van der Waals surface area contributed by atoms with Gasteiger partial charge in [0.2, 0.25) is 11.8 Å². The molecule has 1 unspecified atom stereocenters. The molecule has 2 fully saturated rings. The Morgan fingerprint density at radius 3 is 2.63 bits per heavy atom. The molecule has 2 saturated heterocycles. The fourth-order valence-electron chi connectivity index (χ4n) is 6.13. The molecule has 1 atom stereocenters. The molecule has 2 aromatic rings. The highest BCUT2D eigenvalue weighted by molar-refractivity contribution is 6.01. The number of aryl methyl sites for hydroxylation is 1. The molecule has 4 aliphatic heterocycles. The average Bonchev–Trinajstić information content (AvgIpc) is 2.92. The molecule has 0 bridgehead atoms. The lowest BCUT2D eigenvalue weighted by Crippen LogP contribution is -2.46. The second-order valence-electron chi connectivity index (χ2n) is 9.38. The van der Waals surface area contributed by atoms with E-state index in [1.165, 1.54) is 30.5 Å². The van der Waals surface area contributed by atoms with Crippen LogP contribution in [0, 0.1) is 5.41 Å². The van der Waals surface area contributed by atoms with Crippen molar-refractivity contribution < 1.29 is 9.59 Å². The lowest BCUT2D eigenvalue weighted by atomic mass is 9.75. The van der Waals surface area contributed by atoms with Crippen molar-refractivity contribution in [1.29, 1.82) is 0 Å². The Morgan fingerprint density at radius 1 is 1.00 bits per heavy atom. The monoisotopic (exact) mass is 409 g/mol. The van der Waals surface area contributed by atoms with Gasteiger partial charge in [-0.25, -0.2) is 4.79 Å². The normalized spacial score (nSPS) is 25.5. The van der Waals surface area contributed by atoms with Crippen molar-refractivity contribution in [2.24, 2.45) is 5.41 Å². The van der Waals surface area contributed by atoms with Gasteiger partial charge >= 0.3 is 5.69 Å². The number of amides is 2. The number of aromatic nitrogens is 2. The fraction of sp³-hybridized carbons (Fsp3) is 0.591. The summed E-state index contributed by atoms with van der Waals surface area (Å²) in [5, 5.41) is 5.90. The maximum atomic E-state index is 13.4. The van der Waals surface area contributed by atoms with Crippen LogP contribution in [0.25, 0.3) is 11.0 Å². The van der Waals surface area contributed by atoms with Gasteiger partial charge in [-0.2, -0.15) is 0 Å². The Morgan fingerprint density at radius 2 is 1.83 bits per heavy atom. The number of anilines is 1. The molecular weight excluding hydrogens is 382 g/mol. The van der Waals surface area contributed by atoms with Gasteiger partial charge in [0.05, 0.1) is 16.7 Å². The molecule has 5 heterocycles. The number of hydrogen-bond donors (Lipinski definition) is 2. The molecule has 1 aromatic carbocycles. The molecular formula is C22H27N5O3. The minimum Gasteiger partial charge on any atom is -0.367 e. The van der Waals surface area contributed by atoms with Crippen LogP contribution in [0.1, 0.15) is 43.7 Å². The molecule has 158 valence electrons. The van der Waals surface area contributed by atoms with Gasteiger partial charge < -0.3 is 10.2 Å². The first-order valence-corrected chi connectivity index (χ1v) is 11.1. The van der Waals surface area contributed by atoms with Gasteiger partial charge in [-0.05, 0) is 62.2 Å². The summed E-state index contributed by atoms with van der Waals surface area (Å²) in [5.74, 6) is -0.628. The highest BCUT2D eigenvalue weighted by Gasteiger charge is 2.40. The SMILES string of the molecule is O=C1CCC(n2c(=O)n3c4c5c(ccc42)CCC2(CCNCC2)CN5CC3)C(=O)N1. The van der Waals surface area contributed by atoms with Crippen LogP contribution in [-0.2, 0) is 22.6 Å². The van der Waals surface area contributed by atoms with Gasteiger partial charge in [0.15, 0.2) is 0 Å².